The number of carbonyl (C=O) groups is 1. The van der Waals surface area contributed by atoms with Crippen molar-refractivity contribution in [3.8, 4) is 0 Å². The number of carbonyl (C=O) groups excluding carboxylic acids is 1. The Kier molecular flexibility index (Phi) is 5.05. The van der Waals surface area contributed by atoms with Gasteiger partial charge >= 0.3 is 0 Å². The van der Waals surface area contributed by atoms with Crippen LogP contribution >= 0.6 is 0 Å². The number of rotatable bonds is 4. The van der Waals surface area contributed by atoms with Crippen LogP contribution in [-0.4, -0.2) is 19.3 Å². The Morgan fingerprint density at radius 1 is 1.00 bits per heavy atom. The molecule has 1 N–H and O–H groups in total. The van der Waals surface area contributed by atoms with Crippen LogP contribution < -0.4 is 5.32 Å². The minimum atomic E-state index is -3.79. The number of halogens is 1. The van der Waals surface area contributed by atoms with Gasteiger partial charge in [0.15, 0.2) is 5.03 Å². The van der Waals surface area contributed by atoms with Crippen molar-refractivity contribution in [2.24, 2.45) is 0 Å². The van der Waals surface area contributed by atoms with E-state index >= 15 is 0 Å². The van der Waals surface area contributed by atoms with Crippen LogP contribution in [-0.2, 0) is 9.84 Å². The van der Waals surface area contributed by atoms with Crippen LogP contribution in [0.3, 0.4) is 0 Å². The van der Waals surface area contributed by atoms with E-state index in [9.17, 15) is 17.6 Å². The average molecular weight is 384 g/mol. The van der Waals surface area contributed by atoms with Crippen LogP contribution in [0.1, 0.15) is 21.5 Å². The van der Waals surface area contributed by atoms with Crippen molar-refractivity contribution < 1.29 is 17.6 Å². The maximum absolute atomic E-state index is 13.6. The Hall–Kier alpha value is -3.06. The van der Waals surface area contributed by atoms with Gasteiger partial charge in [0.25, 0.3) is 5.91 Å². The van der Waals surface area contributed by atoms with Crippen LogP contribution in [0.25, 0.3) is 0 Å². The Bertz CT molecular complexity index is 1110. The number of nitrogens with zero attached hydrogens (tertiary/aromatic N) is 1. The third kappa shape index (κ3) is 3.88. The molecule has 0 saturated carbocycles. The fourth-order valence-corrected chi connectivity index (χ4v) is 3.69. The summed E-state index contributed by atoms with van der Waals surface area (Å²) in [5.74, 6) is -1.14. The summed E-state index contributed by atoms with van der Waals surface area (Å²) in [7, 11) is -3.79. The van der Waals surface area contributed by atoms with Gasteiger partial charge in [-0.25, -0.2) is 17.8 Å². The zero-order valence-corrected chi connectivity index (χ0v) is 15.5. The Morgan fingerprint density at radius 3 is 2.37 bits per heavy atom. The Morgan fingerprint density at radius 2 is 1.74 bits per heavy atom. The van der Waals surface area contributed by atoms with E-state index in [0.717, 1.165) is 17.3 Å². The second kappa shape index (κ2) is 7.28. The number of nitrogens with one attached hydrogen (secondary N) is 1. The van der Waals surface area contributed by atoms with Gasteiger partial charge in [0.1, 0.15) is 5.82 Å². The van der Waals surface area contributed by atoms with Crippen molar-refractivity contribution >= 4 is 21.4 Å². The van der Waals surface area contributed by atoms with E-state index in [4.69, 9.17) is 0 Å². The molecule has 27 heavy (non-hydrogen) atoms. The first kappa shape index (κ1) is 18.7. The van der Waals surface area contributed by atoms with Crippen LogP contribution in [0.15, 0.2) is 70.7 Å². The lowest BCUT2D eigenvalue weighted by molar-refractivity contribution is 0.102. The van der Waals surface area contributed by atoms with Crippen molar-refractivity contribution in [1.29, 1.82) is 0 Å². The summed E-state index contributed by atoms with van der Waals surface area (Å²) in [6.45, 7) is 3.73. The summed E-state index contributed by atoms with van der Waals surface area (Å²) >= 11 is 0. The van der Waals surface area contributed by atoms with Crippen LogP contribution in [0.4, 0.5) is 10.1 Å². The van der Waals surface area contributed by atoms with Crippen molar-refractivity contribution in [1.82, 2.24) is 4.98 Å². The molecular formula is C20H17FN2O3S. The minimum Gasteiger partial charge on any atom is -0.319 e. The number of para-hydroxylation sites is 1. The quantitative estimate of drug-likeness (QED) is 0.740. The molecule has 1 aromatic heterocycles. The third-order valence-corrected chi connectivity index (χ3v) is 5.85. The maximum atomic E-state index is 13.6. The standard InChI is InChI=1S/C20H17FN2O3S/c1-13-7-9-16(11-14(13)2)27(25,26)19-10-8-15(12-22-19)20(24)23-18-6-4-3-5-17(18)21/h3-12H,1-2H3,(H,23,24). The first-order valence-corrected chi connectivity index (χ1v) is 9.61. The van der Waals surface area contributed by atoms with Gasteiger partial charge in [0, 0.05) is 6.20 Å². The summed E-state index contributed by atoms with van der Waals surface area (Å²) in [5, 5.41) is 2.27. The van der Waals surface area contributed by atoms with E-state index < -0.39 is 21.6 Å². The molecular weight excluding hydrogens is 367 g/mol. The van der Waals surface area contributed by atoms with Crippen LogP contribution in [0.5, 0.6) is 0 Å². The molecule has 1 amide bonds. The molecule has 0 aliphatic carbocycles. The van der Waals surface area contributed by atoms with Crippen molar-refractivity contribution in [2.75, 3.05) is 5.32 Å². The van der Waals surface area contributed by atoms with Gasteiger partial charge in [-0.2, -0.15) is 0 Å². The summed E-state index contributed by atoms with van der Waals surface area (Å²) in [5.41, 5.74) is 2.01. The monoisotopic (exact) mass is 384 g/mol. The highest BCUT2D eigenvalue weighted by molar-refractivity contribution is 7.91. The van der Waals surface area contributed by atoms with E-state index in [1.165, 1.54) is 36.4 Å². The van der Waals surface area contributed by atoms with Gasteiger partial charge in [0.05, 0.1) is 16.1 Å². The fourth-order valence-electron chi connectivity index (χ4n) is 2.43. The Labute approximate surface area is 156 Å². The number of amides is 1. The molecule has 0 radical (unpaired) electrons. The minimum absolute atomic E-state index is 0.0364. The summed E-state index contributed by atoms with van der Waals surface area (Å²) in [6, 6.07) is 13.2. The molecule has 138 valence electrons. The first-order valence-electron chi connectivity index (χ1n) is 8.13. The van der Waals surface area contributed by atoms with Crippen molar-refractivity contribution in [3.63, 3.8) is 0 Å². The Balaban J connectivity index is 1.85. The van der Waals surface area contributed by atoms with E-state index in [1.54, 1.807) is 18.2 Å². The van der Waals surface area contributed by atoms with E-state index in [2.05, 4.69) is 10.3 Å². The molecule has 0 spiro atoms. The van der Waals surface area contributed by atoms with E-state index in [0.29, 0.717) is 0 Å². The maximum Gasteiger partial charge on any atom is 0.257 e. The lowest BCUT2D eigenvalue weighted by atomic mass is 10.1. The fraction of sp³-hybridized carbons (Fsp3) is 0.100. The SMILES string of the molecule is Cc1ccc(S(=O)(=O)c2ccc(C(=O)Nc3ccccc3F)cn2)cc1C. The van der Waals surface area contributed by atoms with Gasteiger partial charge < -0.3 is 5.32 Å². The topological polar surface area (TPSA) is 76.1 Å². The molecule has 0 aliphatic rings. The van der Waals surface area contributed by atoms with Crippen molar-refractivity contribution in [2.45, 2.75) is 23.8 Å². The predicted molar refractivity (Wildman–Crippen MR) is 100.0 cm³/mol. The predicted octanol–water partition coefficient (Wildman–Crippen LogP) is 3.92. The smallest absolute Gasteiger partial charge is 0.257 e. The number of anilines is 1. The normalized spacial score (nSPS) is 11.2. The number of sulfone groups is 1. The van der Waals surface area contributed by atoms with Gasteiger partial charge in [-0.1, -0.05) is 18.2 Å². The molecule has 0 saturated heterocycles. The molecule has 0 atom stereocenters. The number of aromatic nitrogens is 1. The van der Waals surface area contributed by atoms with Gasteiger partial charge in [0.2, 0.25) is 9.84 Å². The highest BCUT2D eigenvalue weighted by Gasteiger charge is 2.20. The molecule has 0 aliphatic heterocycles. The van der Waals surface area contributed by atoms with E-state index in [1.807, 2.05) is 13.8 Å². The third-order valence-electron chi connectivity index (χ3n) is 4.18. The largest absolute Gasteiger partial charge is 0.319 e. The molecule has 0 bridgehead atoms. The molecule has 2 aromatic carbocycles. The second-order valence-electron chi connectivity index (χ2n) is 6.07. The zero-order valence-electron chi connectivity index (χ0n) is 14.7. The average Bonchev–Trinajstić information content (AvgIpc) is 2.65. The number of benzene rings is 2. The first-order chi connectivity index (χ1) is 12.8. The lowest BCUT2D eigenvalue weighted by Crippen LogP contribution is -2.14. The molecule has 3 rings (SSSR count). The molecule has 0 fully saturated rings. The molecule has 7 heteroatoms. The number of aryl methyl sites for hydroxylation is 2. The lowest BCUT2D eigenvalue weighted by Gasteiger charge is -2.08. The van der Waals surface area contributed by atoms with Gasteiger partial charge in [-0.15, -0.1) is 0 Å². The number of pyridine rings is 1. The van der Waals surface area contributed by atoms with E-state index in [-0.39, 0.29) is 21.2 Å². The number of hydrogen-bond acceptors (Lipinski definition) is 4. The van der Waals surface area contributed by atoms with Crippen molar-refractivity contribution in [3.05, 3.63) is 83.3 Å². The molecule has 1 heterocycles. The molecule has 5 nitrogen and oxygen atoms in total. The molecule has 3 aromatic rings. The summed E-state index contributed by atoms with van der Waals surface area (Å²) in [4.78, 5) is 16.3. The molecule has 0 unspecified atom stereocenters. The zero-order chi connectivity index (χ0) is 19.6. The number of hydrogen-bond donors (Lipinski definition) is 1. The van der Waals surface area contributed by atoms with Gasteiger partial charge in [-0.05, 0) is 61.4 Å². The second-order valence-corrected chi connectivity index (χ2v) is 7.97. The van der Waals surface area contributed by atoms with Crippen LogP contribution in [0.2, 0.25) is 0 Å². The van der Waals surface area contributed by atoms with Crippen LogP contribution in [0, 0.1) is 19.7 Å². The summed E-state index contributed by atoms with van der Waals surface area (Å²) in [6.07, 6.45) is 1.16. The highest BCUT2D eigenvalue weighted by atomic mass is 32.2. The highest BCUT2D eigenvalue weighted by Crippen LogP contribution is 2.22. The van der Waals surface area contributed by atoms with Gasteiger partial charge in [-0.3, -0.25) is 4.79 Å². The summed E-state index contributed by atoms with van der Waals surface area (Å²) < 4.78 is 39.0.